The number of furan rings is 1. The molecule has 2 nitrogen and oxygen atoms in total. The Labute approximate surface area is 106 Å². The molecule has 0 fully saturated rings. The van der Waals surface area contributed by atoms with Gasteiger partial charge in [0.25, 0.3) is 0 Å². The minimum Gasteiger partial charge on any atom is -0.469 e. The molecule has 1 atom stereocenters. The Morgan fingerprint density at radius 3 is 3.29 bits per heavy atom. The largest absolute Gasteiger partial charge is 0.469 e. The van der Waals surface area contributed by atoms with E-state index in [1.54, 1.807) is 11.1 Å². The van der Waals surface area contributed by atoms with E-state index >= 15 is 0 Å². The van der Waals surface area contributed by atoms with Crippen LogP contribution in [0.4, 0.5) is 0 Å². The molecule has 3 heteroatoms. The maximum absolute atomic E-state index is 5.34. The summed E-state index contributed by atoms with van der Waals surface area (Å²) in [6, 6.07) is 6.83. The average molecular weight is 247 g/mol. The predicted molar refractivity (Wildman–Crippen MR) is 70.4 cm³/mol. The van der Waals surface area contributed by atoms with Gasteiger partial charge in [-0.25, -0.2) is 0 Å². The number of fused-ring (bicyclic) bond motifs is 1. The molecule has 1 unspecified atom stereocenters. The van der Waals surface area contributed by atoms with Crippen LogP contribution in [0.3, 0.4) is 0 Å². The Kier molecular flexibility index (Phi) is 3.29. The summed E-state index contributed by atoms with van der Waals surface area (Å²) in [5, 5.41) is 5.87. The highest BCUT2D eigenvalue weighted by Gasteiger charge is 2.20. The van der Waals surface area contributed by atoms with Gasteiger partial charge in [0.2, 0.25) is 0 Å². The van der Waals surface area contributed by atoms with Gasteiger partial charge in [-0.3, -0.25) is 0 Å². The predicted octanol–water partition coefficient (Wildman–Crippen LogP) is 3.55. The van der Waals surface area contributed by atoms with Crippen molar-refractivity contribution in [2.75, 3.05) is 6.54 Å². The summed E-state index contributed by atoms with van der Waals surface area (Å²) in [7, 11) is 0. The van der Waals surface area contributed by atoms with Gasteiger partial charge in [-0.2, -0.15) is 0 Å². The summed E-state index contributed by atoms with van der Waals surface area (Å²) in [5.41, 5.74) is 1.53. The van der Waals surface area contributed by atoms with Gasteiger partial charge in [0.1, 0.15) is 5.76 Å². The molecule has 90 valence electrons. The van der Waals surface area contributed by atoms with Crippen molar-refractivity contribution >= 4 is 11.3 Å². The molecular formula is C14H17NOS. The summed E-state index contributed by atoms with van der Waals surface area (Å²) in [5.74, 6) is 1.07. The first-order valence-electron chi connectivity index (χ1n) is 6.25. The molecule has 3 rings (SSSR count). The Morgan fingerprint density at radius 1 is 1.41 bits per heavy atom. The van der Waals surface area contributed by atoms with Crippen LogP contribution in [0.5, 0.6) is 0 Å². The maximum atomic E-state index is 5.34. The Hall–Kier alpha value is -1.06. The molecule has 17 heavy (non-hydrogen) atoms. The Bertz CT molecular complexity index is 460. The molecule has 0 spiro atoms. The van der Waals surface area contributed by atoms with E-state index in [9.17, 15) is 0 Å². The van der Waals surface area contributed by atoms with Gasteiger partial charge in [0.05, 0.1) is 6.26 Å². The van der Waals surface area contributed by atoms with E-state index in [2.05, 4.69) is 16.8 Å². The van der Waals surface area contributed by atoms with E-state index in [1.807, 2.05) is 23.5 Å². The van der Waals surface area contributed by atoms with E-state index < -0.39 is 0 Å². The molecular weight excluding hydrogens is 230 g/mol. The molecule has 1 N–H and O–H groups in total. The van der Waals surface area contributed by atoms with Crippen LogP contribution in [-0.2, 0) is 12.8 Å². The molecule has 1 aliphatic rings. The fourth-order valence-electron chi connectivity index (χ4n) is 2.52. The minimum absolute atomic E-state index is 0.556. The number of thiophene rings is 1. The van der Waals surface area contributed by atoms with Gasteiger partial charge in [0.15, 0.2) is 0 Å². The Morgan fingerprint density at radius 2 is 2.41 bits per heavy atom. The summed E-state index contributed by atoms with van der Waals surface area (Å²) in [6.45, 7) is 0.994. The molecule has 0 saturated carbocycles. The van der Waals surface area contributed by atoms with Crippen molar-refractivity contribution < 1.29 is 4.42 Å². The summed E-state index contributed by atoms with van der Waals surface area (Å²) in [6.07, 6.45) is 6.56. The number of aryl methyl sites for hydroxylation is 1. The number of nitrogens with one attached hydrogen (secondary N) is 1. The smallest absolute Gasteiger partial charge is 0.105 e. The second kappa shape index (κ2) is 5.07. The van der Waals surface area contributed by atoms with Gasteiger partial charge < -0.3 is 9.73 Å². The molecule has 0 saturated heterocycles. The van der Waals surface area contributed by atoms with Crippen molar-refractivity contribution in [1.82, 2.24) is 5.32 Å². The number of rotatable bonds is 4. The average Bonchev–Trinajstić information content (AvgIpc) is 2.99. The third-order valence-electron chi connectivity index (χ3n) is 3.39. The monoisotopic (exact) mass is 247 g/mol. The zero-order valence-corrected chi connectivity index (χ0v) is 10.6. The Balaban J connectivity index is 1.57. The minimum atomic E-state index is 0.556. The lowest BCUT2D eigenvalue weighted by Gasteiger charge is -2.23. The van der Waals surface area contributed by atoms with Crippen molar-refractivity contribution in [1.29, 1.82) is 0 Å². The lowest BCUT2D eigenvalue weighted by molar-refractivity contribution is 0.445. The van der Waals surface area contributed by atoms with Crippen molar-refractivity contribution in [2.45, 2.75) is 31.7 Å². The van der Waals surface area contributed by atoms with Crippen molar-refractivity contribution in [3.63, 3.8) is 0 Å². The molecule has 2 aromatic rings. The first-order valence-corrected chi connectivity index (χ1v) is 7.13. The summed E-state index contributed by atoms with van der Waals surface area (Å²) < 4.78 is 5.34. The number of hydrogen-bond acceptors (Lipinski definition) is 3. The lowest BCUT2D eigenvalue weighted by Crippen LogP contribution is -2.26. The molecule has 0 aliphatic heterocycles. The molecule has 2 aromatic heterocycles. The van der Waals surface area contributed by atoms with E-state index in [1.165, 1.54) is 24.8 Å². The normalized spacial score (nSPS) is 19.2. The SMILES string of the molecule is c1coc(CCNC2CCCc3sccc32)c1. The van der Waals surface area contributed by atoms with E-state index in [0.717, 1.165) is 18.7 Å². The topological polar surface area (TPSA) is 25.2 Å². The van der Waals surface area contributed by atoms with Crippen LogP contribution in [0.15, 0.2) is 34.3 Å². The molecule has 0 bridgehead atoms. The zero-order chi connectivity index (χ0) is 11.5. The van der Waals surface area contributed by atoms with Crippen LogP contribution in [0.2, 0.25) is 0 Å². The maximum Gasteiger partial charge on any atom is 0.105 e. The van der Waals surface area contributed by atoms with Gasteiger partial charge in [0, 0.05) is 23.9 Å². The second-order valence-electron chi connectivity index (χ2n) is 4.53. The van der Waals surface area contributed by atoms with Crippen LogP contribution in [-0.4, -0.2) is 6.54 Å². The van der Waals surface area contributed by atoms with Gasteiger partial charge in [-0.05, 0) is 48.4 Å². The molecule has 0 radical (unpaired) electrons. The van der Waals surface area contributed by atoms with Crippen LogP contribution >= 0.6 is 11.3 Å². The second-order valence-corrected chi connectivity index (χ2v) is 5.53. The van der Waals surface area contributed by atoms with E-state index in [0.29, 0.717) is 6.04 Å². The third kappa shape index (κ3) is 2.45. The fourth-order valence-corrected chi connectivity index (χ4v) is 3.51. The van der Waals surface area contributed by atoms with Crippen molar-refractivity contribution in [2.24, 2.45) is 0 Å². The molecule has 1 aliphatic carbocycles. The lowest BCUT2D eigenvalue weighted by atomic mass is 9.94. The fraction of sp³-hybridized carbons (Fsp3) is 0.429. The summed E-state index contributed by atoms with van der Waals surface area (Å²) >= 11 is 1.90. The third-order valence-corrected chi connectivity index (χ3v) is 4.39. The quantitative estimate of drug-likeness (QED) is 0.893. The number of hydrogen-bond donors (Lipinski definition) is 1. The van der Waals surface area contributed by atoms with Crippen LogP contribution in [0.25, 0.3) is 0 Å². The standard InChI is InChI=1S/C14H17NOS/c1-4-13(12-7-10-17-14(12)5-1)15-8-6-11-3-2-9-16-11/h2-3,7,9-10,13,15H,1,4-6,8H2. The van der Waals surface area contributed by atoms with Crippen LogP contribution in [0.1, 0.15) is 35.1 Å². The highest BCUT2D eigenvalue weighted by Crippen LogP contribution is 2.33. The summed E-state index contributed by atoms with van der Waals surface area (Å²) in [4.78, 5) is 1.58. The van der Waals surface area contributed by atoms with Crippen LogP contribution in [0, 0.1) is 0 Å². The molecule has 2 heterocycles. The van der Waals surface area contributed by atoms with Crippen molar-refractivity contribution in [3.05, 3.63) is 46.0 Å². The highest BCUT2D eigenvalue weighted by atomic mass is 32.1. The first kappa shape index (κ1) is 11.1. The molecule has 0 amide bonds. The molecule has 0 aromatic carbocycles. The zero-order valence-electron chi connectivity index (χ0n) is 9.82. The van der Waals surface area contributed by atoms with Gasteiger partial charge in [-0.1, -0.05) is 0 Å². The first-order chi connectivity index (χ1) is 8.43. The van der Waals surface area contributed by atoms with Gasteiger partial charge >= 0.3 is 0 Å². The van der Waals surface area contributed by atoms with Gasteiger partial charge in [-0.15, -0.1) is 11.3 Å². The van der Waals surface area contributed by atoms with Crippen LogP contribution < -0.4 is 5.32 Å². The van der Waals surface area contributed by atoms with Crippen molar-refractivity contribution in [3.8, 4) is 0 Å². The highest BCUT2D eigenvalue weighted by molar-refractivity contribution is 7.10. The van der Waals surface area contributed by atoms with E-state index in [4.69, 9.17) is 4.42 Å². The van der Waals surface area contributed by atoms with E-state index in [-0.39, 0.29) is 0 Å².